The summed E-state index contributed by atoms with van der Waals surface area (Å²) in [6, 6.07) is 3.86. The van der Waals surface area contributed by atoms with E-state index in [2.05, 4.69) is 15.5 Å². The molecule has 0 radical (unpaired) electrons. The number of nitrogens with one attached hydrogen (secondary N) is 1. The second kappa shape index (κ2) is 6.13. The van der Waals surface area contributed by atoms with Gasteiger partial charge in [0.2, 0.25) is 11.8 Å². The number of benzene rings is 1. The summed E-state index contributed by atoms with van der Waals surface area (Å²) < 4.78 is 49.4. The Hall–Kier alpha value is -2.09. The minimum Gasteiger partial charge on any atom is -0.497 e. The summed E-state index contributed by atoms with van der Waals surface area (Å²) in [5.41, 5.74) is 0.0829. The highest BCUT2D eigenvalue weighted by Crippen LogP contribution is 2.33. The van der Waals surface area contributed by atoms with E-state index in [1.165, 1.54) is 31.4 Å². The maximum absolute atomic E-state index is 13.1. The SMILES string of the molecule is COc1ccc([C@H](NCc2nnc(C)o2)C(F)(F)F)cc1. The molecule has 2 aromatic rings. The van der Waals surface area contributed by atoms with E-state index in [1.807, 2.05) is 0 Å². The maximum atomic E-state index is 13.1. The molecule has 1 heterocycles. The molecule has 0 bridgehead atoms. The fourth-order valence-electron chi connectivity index (χ4n) is 1.82. The Balaban J connectivity index is 2.14. The number of methoxy groups -OCH3 is 1. The van der Waals surface area contributed by atoms with E-state index in [0.29, 0.717) is 11.6 Å². The summed E-state index contributed by atoms with van der Waals surface area (Å²) in [5, 5.41) is 9.60. The molecule has 1 aromatic heterocycles. The molecule has 8 heteroatoms. The first kappa shape index (κ1) is 15.3. The highest BCUT2D eigenvalue weighted by atomic mass is 19.4. The van der Waals surface area contributed by atoms with Crippen molar-refractivity contribution in [2.45, 2.75) is 25.7 Å². The smallest absolute Gasteiger partial charge is 0.407 e. The van der Waals surface area contributed by atoms with Crippen LogP contribution in [0.2, 0.25) is 0 Å². The average Bonchev–Trinajstić information content (AvgIpc) is 2.84. The largest absolute Gasteiger partial charge is 0.497 e. The van der Waals surface area contributed by atoms with Gasteiger partial charge in [-0.15, -0.1) is 10.2 Å². The molecule has 1 atom stereocenters. The van der Waals surface area contributed by atoms with Crippen molar-refractivity contribution in [1.29, 1.82) is 0 Å². The van der Waals surface area contributed by atoms with Gasteiger partial charge in [0, 0.05) is 6.92 Å². The van der Waals surface area contributed by atoms with Gasteiger partial charge >= 0.3 is 6.18 Å². The molecule has 0 fully saturated rings. The molecule has 0 spiro atoms. The van der Waals surface area contributed by atoms with Crippen LogP contribution in [-0.2, 0) is 6.54 Å². The van der Waals surface area contributed by atoms with Crippen LogP contribution in [0, 0.1) is 6.92 Å². The number of aryl methyl sites for hydroxylation is 1. The van der Waals surface area contributed by atoms with Crippen LogP contribution in [0.25, 0.3) is 0 Å². The first-order valence-electron chi connectivity index (χ1n) is 6.13. The first-order chi connectivity index (χ1) is 9.90. The molecule has 0 unspecified atom stereocenters. The molecule has 0 saturated carbocycles. The van der Waals surface area contributed by atoms with Gasteiger partial charge in [-0.1, -0.05) is 12.1 Å². The number of ether oxygens (including phenoxy) is 1. The maximum Gasteiger partial charge on any atom is 0.407 e. The molecule has 1 N–H and O–H groups in total. The molecule has 0 amide bonds. The van der Waals surface area contributed by atoms with Crippen LogP contribution in [0.3, 0.4) is 0 Å². The number of alkyl halides is 3. The van der Waals surface area contributed by atoms with Crippen molar-refractivity contribution >= 4 is 0 Å². The van der Waals surface area contributed by atoms with Crippen molar-refractivity contribution in [2.24, 2.45) is 0 Å². The van der Waals surface area contributed by atoms with Crippen LogP contribution in [-0.4, -0.2) is 23.5 Å². The Bertz CT molecular complexity index is 581. The van der Waals surface area contributed by atoms with Crippen LogP contribution in [0.15, 0.2) is 28.7 Å². The Morgan fingerprint density at radius 1 is 1.24 bits per heavy atom. The molecule has 0 aliphatic carbocycles. The molecular weight excluding hydrogens is 287 g/mol. The van der Waals surface area contributed by atoms with Gasteiger partial charge in [0.25, 0.3) is 0 Å². The standard InChI is InChI=1S/C13H14F3N3O2/c1-8-18-19-11(21-8)7-17-12(13(14,15)16)9-3-5-10(20-2)6-4-9/h3-6,12,17H,7H2,1-2H3/t12-/m0/s1. The summed E-state index contributed by atoms with van der Waals surface area (Å²) >= 11 is 0. The lowest BCUT2D eigenvalue weighted by atomic mass is 10.1. The number of halogens is 3. The zero-order valence-electron chi connectivity index (χ0n) is 11.4. The minimum atomic E-state index is -4.44. The van der Waals surface area contributed by atoms with E-state index in [9.17, 15) is 13.2 Å². The van der Waals surface area contributed by atoms with Crippen molar-refractivity contribution in [3.8, 4) is 5.75 Å². The fraction of sp³-hybridized carbons (Fsp3) is 0.385. The number of nitrogens with zero attached hydrogens (tertiary/aromatic N) is 2. The van der Waals surface area contributed by atoms with E-state index >= 15 is 0 Å². The first-order valence-corrected chi connectivity index (χ1v) is 6.13. The molecule has 21 heavy (non-hydrogen) atoms. The van der Waals surface area contributed by atoms with Crippen LogP contribution < -0.4 is 10.1 Å². The Labute approximate surface area is 119 Å². The Morgan fingerprint density at radius 3 is 2.38 bits per heavy atom. The third-order valence-corrected chi connectivity index (χ3v) is 2.80. The van der Waals surface area contributed by atoms with Gasteiger partial charge in [0.15, 0.2) is 0 Å². The minimum absolute atomic E-state index is 0.0829. The predicted molar refractivity (Wildman–Crippen MR) is 67.7 cm³/mol. The molecule has 0 aliphatic rings. The van der Waals surface area contributed by atoms with E-state index in [0.717, 1.165) is 0 Å². The van der Waals surface area contributed by atoms with Crippen LogP contribution in [0.1, 0.15) is 23.4 Å². The second-order valence-electron chi connectivity index (χ2n) is 4.34. The summed E-state index contributed by atoms with van der Waals surface area (Å²) in [6.45, 7) is 1.40. The summed E-state index contributed by atoms with van der Waals surface area (Å²) in [7, 11) is 1.45. The Morgan fingerprint density at radius 2 is 1.90 bits per heavy atom. The monoisotopic (exact) mass is 301 g/mol. The van der Waals surface area contributed by atoms with Gasteiger partial charge in [0.1, 0.15) is 11.8 Å². The van der Waals surface area contributed by atoms with Gasteiger partial charge in [-0.25, -0.2) is 0 Å². The lowest BCUT2D eigenvalue weighted by Gasteiger charge is -2.21. The lowest BCUT2D eigenvalue weighted by molar-refractivity contribution is -0.158. The fourth-order valence-corrected chi connectivity index (χ4v) is 1.82. The summed E-state index contributed by atoms with van der Waals surface area (Å²) in [5.74, 6) is 0.905. The van der Waals surface area contributed by atoms with Crippen molar-refractivity contribution < 1.29 is 22.3 Å². The highest BCUT2D eigenvalue weighted by molar-refractivity contribution is 5.29. The van der Waals surface area contributed by atoms with Gasteiger partial charge in [-0.05, 0) is 17.7 Å². The molecule has 0 saturated heterocycles. The third-order valence-electron chi connectivity index (χ3n) is 2.80. The molecule has 2 rings (SSSR count). The van der Waals surface area contributed by atoms with Crippen LogP contribution >= 0.6 is 0 Å². The van der Waals surface area contributed by atoms with Gasteiger partial charge < -0.3 is 9.15 Å². The molecule has 0 aliphatic heterocycles. The number of rotatable bonds is 5. The van der Waals surface area contributed by atoms with E-state index in [4.69, 9.17) is 9.15 Å². The topological polar surface area (TPSA) is 60.2 Å². The van der Waals surface area contributed by atoms with Crippen LogP contribution in [0.5, 0.6) is 5.75 Å². The molecule has 5 nitrogen and oxygen atoms in total. The third kappa shape index (κ3) is 3.94. The summed E-state index contributed by atoms with van der Waals surface area (Å²) in [6.07, 6.45) is -4.44. The van der Waals surface area contributed by atoms with Crippen molar-refractivity contribution in [3.05, 3.63) is 41.6 Å². The second-order valence-corrected chi connectivity index (χ2v) is 4.34. The zero-order valence-corrected chi connectivity index (χ0v) is 11.4. The molecule has 114 valence electrons. The van der Waals surface area contributed by atoms with Gasteiger partial charge in [-0.2, -0.15) is 13.2 Å². The predicted octanol–water partition coefficient (Wildman–Crippen LogP) is 2.78. The molecule has 1 aromatic carbocycles. The van der Waals surface area contributed by atoms with E-state index in [1.54, 1.807) is 6.92 Å². The van der Waals surface area contributed by atoms with E-state index in [-0.39, 0.29) is 18.0 Å². The van der Waals surface area contributed by atoms with Gasteiger partial charge in [-0.3, -0.25) is 5.32 Å². The van der Waals surface area contributed by atoms with E-state index < -0.39 is 12.2 Å². The van der Waals surface area contributed by atoms with Crippen molar-refractivity contribution in [2.75, 3.05) is 7.11 Å². The van der Waals surface area contributed by atoms with Gasteiger partial charge in [0.05, 0.1) is 13.7 Å². The number of aromatic nitrogens is 2. The normalized spacial score (nSPS) is 13.2. The summed E-state index contributed by atoms with van der Waals surface area (Å²) in [4.78, 5) is 0. The average molecular weight is 301 g/mol. The van der Waals surface area contributed by atoms with Crippen molar-refractivity contribution in [3.63, 3.8) is 0 Å². The zero-order chi connectivity index (χ0) is 15.5. The number of hydrogen-bond acceptors (Lipinski definition) is 5. The van der Waals surface area contributed by atoms with Crippen LogP contribution in [0.4, 0.5) is 13.2 Å². The highest BCUT2D eigenvalue weighted by Gasteiger charge is 2.40. The lowest BCUT2D eigenvalue weighted by Crippen LogP contribution is -2.33. The number of hydrogen-bond donors (Lipinski definition) is 1. The quantitative estimate of drug-likeness (QED) is 0.920. The Kier molecular flexibility index (Phi) is 4.46. The molecular formula is C13H14F3N3O2. The van der Waals surface area contributed by atoms with Crippen molar-refractivity contribution in [1.82, 2.24) is 15.5 Å².